The number of amides is 6. The first kappa shape index (κ1) is 44.5. The monoisotopic (exact) mass is 745 g/mol. The molecule has 53 heavy (non-hydrogen) atoms. The predicted octanol–water partition coefficient (Wildman–Crippen LogP) is 1.92. The quantitative estimate of drug-likeness (QED) is 0.0501. The van der Waals surface area contributed by atoms with Crippen molar-refractivity contribution < 1.29 is 43.2 Å². The van der Waals surface area contributed by atoms with Crippen LogP contribution in [0.15, 0.2) is 48.5 Å². The number of nitrogens with one attached hydrogen (secondary N) is 6. The van der Waals surface area contributed by atoms with Gasteiger partial charge in [-0.25, -0.2) is 14.6 Å². The van der Waals surface area contributed by atoms with Crippen molar-refractivity contribution >= 4 is 23.9 Å². The molecule has 2 rings (SSSR count). The Hall–Kier alpha value is -4.64. The van der Waals surface area contributed by atoms with E-state index < -0.39 is 47.6 Å². The van der Waals surface area contributed by atoms with Crippen LogP contribution in [0.2, 0.25) is 0 Å². The van der Waals surface area contributed by atoms with Crippen molar-refractivity contribution in [2.24, 2.45) is 11.8 Å². The maximum Gasteiger partial charge on any atom is 0.317 e. The molecule has 0 fully saturated rings. The predicted molar refractivity (Wildman–Crippen MR) is 200 cm³/mol. The van der Waals surface area contributed by atoms with Gasteiger partial charge in [-0.2, -0.15) is 0 Å². The van der Waals surface area contributed by atoms with Crippen LogP contribution in [0, 0.1) is 11.8 Å². The van der Waals surface area contributed by atoms with Gasteiger partial charge in [-0.1, -0.05) is 64.1 Å². The van der Waals surface area contributed by atoms with E-state index in [9.17, 15) is 24.3 Å². The number of ether oxygens (including phenoxy) is 4. The van der Waals surface area contributed by atoms with Crippen molar-refractivity contribution in [3.8, 4) is 11.5 Å². The van der Waals surface area contributed by atoms with Gasteiger partial charge in [-0.05, 0) is 42.0 Å². The van der Waals surface area contributed by atoms with Crippen LogP contribution in [-0.2, 0) is 32.0 Å². The molecule has 0 saturated carbocycles. The fourth-order valence-corrected chi connectivity index (χ4v) is 5.27. The lowest BCUT2D eigenvalue weighted by Crippen LogP contribution is -2.66. The van der Waals surface area contributed by atoms with Crippen LogP contribution in [0.25, 0.3) is 0 Å². The Morgan fingerprint density at radius 2 is 1.42 bits per heavy atom. The first-order valence-corrected chi connectivity index (χ1v) is 17.7. The second-order valence-corrected chi connectivity index (χ2v) is 13.2. The van der Waals surface area contributed by atoms with Crippen LogP contribution >= 0.6 is 0 Å². The van der Waals surface area contributed by atoms with Crippen LogP contribution in [0.5, 0.6) is 11.5 Å². The molecule has 3 atom stereocenters. The Morgan fingerprint density at radius 3 is 1.98 bits per heavy atom. The van der Waals surface area contributed by atoms with Crippen molar-refractivity contribution in [1.29, 1.82) is 0 Å². The molecule has 0 aliphatic heterocycles. The van der Waals surface area contributed by atoms with Gasteiger partial charge in [0.25, 0.3) is 11.8 Å². The number of nitrogens with zero attached hydrogens (tertiary/aromatic N) is 1. The third-order valence-corrected chi connectivity index (χ3v) is 8.40. The van der Waals surface area contributed by atoms with Crippen molar-refractivity contribution in [2.75, 3.05) is 61.3 Å². The number of benzene rings is 2. The van der Waals surface area contributed by atoms with Crippen molar-refractivity contribution in [3.05, 3.63) is 59.7 Å². The Labute approximate surface area is 313 Å². The highest BCUT2D eigenvalue weighted by molar-refractivity contribution is 5.90. The molecular formula is C37H59N7O9. The van der Waals surface area contributed by atoms with Gasteiger partial charge >= 0.3 is 12.1 Å². The molecule has 0 radical (unpaired) electrons. The van der Waals surface area contributed by atoms with Crippen LogP contribution in [0.3, 0.4) is 0 Å². The molecule has 0 aromatic heterocycles. The van der Waals surface area contributed by atoms with E-state index in [0.717, 1.165) is 11.1 Å². The summed E-state index contributed by atoms with van der Waals surface area (Å²) in [6, 6.07) is 12.2. The number of hydrogen-bond acceptors (Lipinski definition) is 10. The SMILES string of the molecule is COCCNC(=O)N[C@H](C(=O)NN(Cc1ccc(OC)c(OC)c1)C[C@H](CCc1ccccc1)NC(=O)[C@@](O)(NC(=O)NCCOC)C(C)C)C(C)C. The molecule has 0 unspecified atom stereocenters. The van der Waals surface area contributed by atoms with Crippen molar-refractivity contribution in [3.63, 3.8) is 0 Å². The van der Waals surface area contributed by atoms with E-state index in [4.69, 9.17) is 18.9 Å². The Bertz CT molecular complexity index is 1430. The van der Waals surface area contributed by atoms with Crippen LogP contribution in [-0.4, -0.2) is 113 Å². The van der Waals surface area contributed by atoms with Gasteiger partial charge in [0.05, 0.1) is 27.4 Å². The highest BCUT2D eigenvalue weighted by atomic mass is 16.5. The third-order valence-electron chi connectivity index (χ3n) is 8.40. The topological polar surface area (TPSA) is 201 Å². The normalized spacial score (nSPS) is 13.4. The molecule has 16 heteroatoms. The lowest BCUT2D eigenvalue weighted by Gasteiger charge is -2.35. The Kier molecular flexibility index (Phi) is 19.4. The molecule has 0 saturated heterocycles. The summed E-state index contributed by atoms with van der Waals surface area (Å²) < 4.78 is 20.9. The Morgan fingerprint density at radius 1 is 0.792 bits per heavy atom. The lowest BCUT2D eigenvalue weighted by molar-refractivity contribution is -0.148. The van der Waals surface area contributed by atoms with Gasteiger partial charge in [0.2, 0.25) is 5.72 Å². The number of methoxy groups -OCH3 is 4. The summed E-state index contributed by atoms with van der Waals surface area (Å²) in [5.74, 6) is -1.31. The maximum atomic E-state index is 13.9. The summed E-state index contributed by atoms with van der Waals surface area (Å²) in [4.78, 5) is 53.1. The van der Waals surface area contributed by atoms with Gasteiger partial charge in [-0.3, -0.25) is 15.0 Å². The number of carbonyl (C=O) groups is 4. The number of hydrazine groups is 1. The summed E-state index contributed by atoms with van der Waals surface area (Å²) in [6.45, 7) is 8.05. The molecule has 2 aromatic carbocycles. The van der Waals surface area contributed by atoms with E-state index in [1.54, 1.807) is 31.0 Å². The molecule has 7 N–H and O–H groups in total. The largest absolute Gasteiger partial charge is 0.493 e. The molecular weight excluding hydrogens is 686 g/mol. The van der Waals surface area contributed by atoms with E-state index in [2.05, 4.69) is 32.0 Å². The van der Waals surface area contributed by atoms with Gasteiger partial charge < -0.3 is 50.6 Å². The zero-order valence-electron chi connectivity index (χ0n) is 32.2. The third kappa shape index (κ3) is 15.1. The highest BCUT2D eigenvalue weighted by Gasteiger charge is 2.42. The van der Waals surface area contributed by atoms with Gasteiger partial charge in [0.1, 0.15) is 6.04 Å². The molecule has 6 amide bonds. The zero-order valence-corrected chi connectivity index (χ0v) is 32.2. The molecule has 296 valence electrons. The van der Waals surface area contributed by atoms with E-state index in [1.807, 2.05) is 50.2 Å². The lowest BCUT2D eigenvalue weighted by atomic mass is 9.97. The second-order valence-electron chi connectivity index (χ2n) is 13.2. The van der Waals surface area contributed by atoms with Crippen LogP contribution in [0.1, 0.15) is 45.2 Å². The number of aliphatic hydroxyl groups is 1. The molecule has 2 aromatic rings. The molecule has 16 nitrogen and oxygen atoms in total. The Balaban J connectivity index is 2.47. The maximum absolute atomic E-state index is 13.9. The fourth-order valence-electron chi connectivity index (χ4n) is 5.27. The first-order chi connectivity index (χ1) is 25.3. The second kappa shape index (κ2) is 23.1. The van der Waals surface area contributed by atoms with E-state index in [1.165, 1.54) is 28.4 Å². The van der Waals surface area contributed by atoms with Gasteiger partial charge in [0.15, 0.2) is 11.5 Å². The van der Waals surface area contributed by atoms with Crippen LogP contribution in [0.4, 0.5) is 9.59 Å². The molecule has 0 bridgehead atoms. The van der Waals surface area contributed by atoms with Crippen LogP contribution < -0.4 is 41.5 Å². The number of rotatable bonds is 23. The first-order valence-electron chi connectivity index (χ1n) is 17.7. The standard InChI is InChI=1S/C37H59N7O9/c1-25(2)32(41-35(47)38-18-20-50-5)33(45)43-44(23-28-15-17-30(52-7)31(22-28)53-8)24-29(16-14-27-12-10-9-11-13-27)40-34(46)37(49,26(3)4)42-36(48)39-19-21-51-6/h9-13,15,17,22,25-26,29,32,49H,14,16,18-21,23-24H2,1-8H3,(H,40,46)(H,43,45)(H2,38,41,47)(H2,39,42,48)/t29-,32-,37+/m0/s1. The summed E-state index contributed by atoms with van der Waals surface area (Å²) in [7, 11) is 6.07. The fraction of sp³-hybridized carbons (Fsp3) is 0.568. The zero-order chi connectivity index (χ0) is 39.4. The van der Waals surface area contributed by atoms with Crippen molar-refractivity contribution in [2.45, 2.75) is 64.9 Å². The number of carbonyl (C=O) groups excluding carboxylic acids is 4. The molecule has 0 aliphatic rings. The van der Waals surface area contributed by atoms with Crippen molar-refractivity contribution in [1.82, 2.24) is 37.0 Å². The minimum Gasteiger partial charge on any atom is -0.493 e. The van der Waals surface area contributed by atoms with Gasteiger partial charge in [-0.15, -0.1) is 0 Å². The number of urea groups is 2. The minimum absolute atomic E-state index is 0.0672. The van der Waals surface area contributed by atoms with E-state index >= 15 is 0 Å². The van der Waals surface area contributed by atoms with Gasteiger partial charge in [0, 0.05) is 52.4 Å². The summed E-state index contributed by atoms with van der Waals surface area (Å²) in [5, 5.41) is 26.5. The summed E-state index contributed by atoms with van der Waals surface area (Å²) in [5.41, 5.74) is 2.44. The minimum atomic E-state index is -2.28. The number of hydrogen-bond donors (Lipinski definition) is 7. The smallest absolute Gasteiger partial charge is 0.317 e. The average molecular weight is 746 g/mol. The average Bonchev–Trinajstić information content (AvgIpc) is 3.12. The number of aryl methyl sites for hydroxylation is 1. The molecule has 0 heterocycles. The molecule has 0 spiro atoms. The van der Waals surface area contributed by atoms with E-state index in [-0.39, 0.29) is 38.7 Å². The van der Waals surface area contributed by atoms with E-state index in [0.29, 0.717) is 30.9 Å². The highest BCUT2D eigenvalue weighted by Crippen LogP contribution is 2.28. The summed E-state index contributed by atoms with van der Waals surface area (Å²) in [6.07, 6.45) is 0.947. The summed E-state index contributed by atoms with van der Waals surface area (Å²) >= 11 is 0. The molecule has 0 aliphatic carbocycles.